The van der Waals surface area contributed by atoms with Gasteiger partial charge >= 0.3 is 0 Å². The van der Waals surface area contributed by atoms with Crippen LogP contribution in [0.4, 0.5) is 0 Å². The third kappa shape index (κ3) is 3.39. The van der Waals surface area contributed by atoms with Crippen LogP contribution in [0.25, 0.3) is 0 Å². The van der Waals surface area contributed by atoms with Crippen LogP contribution in [0.5, 0.6) is 5.75 Å². The molecule has 0 bridgehead atoms. The lowest BCUT2D eigenvalue weighted by Gasteiger charge is -2.22. The molecule has 2 saturated heterocycles. The number of hydrogen-bond donors (Lipinski definition) is 0. The molecule has 0 aromatic heterocycles. The van der Waals surface area contributed by atoms with E-state index in [2.05, 4.69) is 42.1 Å². The SMILES string of the molecule is COc1cccc(CN2C[C@@H]3[C@H](CN(C)C)CO[C@@H]3C2)c1. The van der Waals surface area contributed by atoms with Gasteiger partial charge in [-0.2, -0.15) is 0 Å². The topological polar surface area (TPSA) is 24.9 Å². The van der Waals surface area contributed by atoms with Crippen molar-refractivity contribution in [3.63, 3.8) is 0 Å². The van der Waals surface area contributed by atoms with Crippen molar-refractivity contribution in [2.75, 3.05) is 47.4 Å². The molecular formula is C17H26N2O2. The molecule has 2 fully saturated rings. The number of ether oxygens (including phenoxy) is 2. The molecule has 4 nitrogen and oxygen atoms in total. The fraction of sp³-hybridized carbons (Fsp3) is 0.647. The molecular weight excluding hydrogens is 264 g/mol. The standard InChI is InChI=1S/C17H26N2O2/c1-18(2)9-14-12-21-17-11-19(10-16(14)17)8-13-5-4-6-15(7-13)20-3/h4-7,14,16-17H,8-12H2,1-3H3/t14-,16-,17-/m1/s1. The molecule has 3 rings (SSSR count). The highest BCUT2D eigenvalue weighted by Crippen LogP contribution is 2.34. The first-order valence-electron chi connectivity index (χ1n) is 7.77. The van der Waals surface area contributed by atoms with E-state index in [1.54, 1.807) is 7.11 Å². The zero-order valence-electron chi connectivity index (χ0n) is 13.3. The van der Waals surface area contributed by atoms with Crippen LogP contribution in [0.15, 0.2) is 24.3 Å². The van der Waals surface area contributed by atoms with E-state index in [0.29, 0.717) is 17.9 Å². The quantitative estimate of drug-likeness (QED) is 0.824. The summed E-state index contributed by atoms with van der Waals surface area (Å²) in [5, 5.41) is 0. The average Bonchev–Trinajstić information content (AvgIpc) is 3.00. The van der Waals surface area contributed by atoms with Crippen molar-refractivity contribution in [2.24, 2.45) is 11.8 Å². The van der Waals surface area contributed by atoms with Gasteiger partial charge in [0.15, 0.2) is 0 Å². The van der Waals surface area contributed by atoms with Gasteiger partial charge in [0.2, 0.25) is 0 Å². The summed E-state index contributed by atoms with van der Waals surface area (Å²) in [6.45, 7) is 5.27. The van der Waals surface area contributed by atoms with E-state index in [1.165, 1.54) is 5.56 Å². The minimum atomic E-state index is 0.431. The number of fused-ring (bicyclic) bond motifs is 1. The van der Waals surface area contributed by atoms with E-state index in [-0.39, 0.29) is 0 Å². The van der Waals surface area contributed by atoms with Gasteiger partial charge in [-0.3, -0.25) is 4.90 Å². The first kappa shape index (κ1) is 14.8. The van der Waals surface area contributed by atoms with Crippen LogP contribution in [0.2, 0.25) is 0 Å². The monoisotopic (exact) mass is 290 g/mol. The Morgan fingerprint density at radius 1 is 1.33 bits per heavy atom. The fourth-order valence-corrected chi connectivity index (χ4v) is 3.70. The van der Waals surface area contributed by atoms with Gasteiger partial charge in [0.25, 0.3) is 0 Å². The lowest BCUT2D eigenvalue weighted by atomic mass is 9.93. The maximum absolute atomic E-state index is 6.01. The van der Waals surface area contributed by atoms with E-state index in [9.17, 15) is 0 Å². The minimum Gasteiger partial charge on any atom is -0.497 e. The van der Waals surface area contributed by atoms with Crippen molar-refractivity contribution in [3.05, 3.63) is 29.8 Å². The molecule has 2 aliphatic heterocycles. The molecule has 4 heteroatoms. The van der Waals surface area contributed by atoms with Crippen LogP contribution < -0.4 is 4.74 Å². The summed E-state index contributed by atoms with van der Waals surface area (Å²) in [7, 11) is 6.02. The summed E-state index contributed by atoms with van der Waals surface area (Å²) in [5.74, 6) is 2.31. The first-order chi connectivity index (χ1) is 10.2. The molecule has 0 amide bonds. The van der Waals surface area contributed by atoms with Crippen LogP contribution in [0.3, 0.4) is 0 Å². The normalized spacial score (nSPS) is 29.0. The number of methoxy groups -OCH3 is 1. The summed E-state index contributed by atoms with van der Waals surface area (Å²) in [5.41, 5.74) is 1.32. The number of benzene rings is 1. The van der Waals surface area contributed by atoms with Crippen molar-refractivity contribution in [1.82, 2.24) is 9.80 Å². The maximum Gasteiger partial charge on any atom is 0.119 e. The Labute approximate surface area is 127 Å². The van der Waals surface area contributed by atoms with E-state index < -0.39 is 0 Å². The zero-order valence-corrected chi connectivity index (χ0v) is 13.3. The number of rotatable bonds is 5. The van der Waals surface area contributed by atoms with Crippen molar-refractivity contribution in [3.8, 4) is 5.75 Å². The Kier molecular flexibility index (Phi) is 4.48. The highest BCUT2D eigenvalue weighted by atomic mass is 16.5. The van der Waals surface area contributed by atoms with Gasteiger partial charge in [-0.25, -0.2) is 0 Å². The predicted molar refractivity (Wildman–Crippen MR) is 83.5 cm³/mol. The minimum absolute atomic E-state index is 0.431. The maximum atomic E-state index is 6.01. The molecule has 0 aliphatic carbocycles. The van der Waals surface area contributed by atoms with Crippen molar-refractivity contribution >= 4 is 0 Å². The summed E-state index contributed by atoms with van der Waals surface area (Å²) in [6, 6.07) is 8.37. The van der Waals surface area contributed by atoms with E-state index in [1.807, 2.05) is 6.07 Å². The Morgan fingerprint density at radius 3 is 2.95 bits per heavy atom. The van der Waals surface area contributed by atoms with Gasteiger partial charge in [0, 0.05) is 38.0 Å². The van der Waals surface area contributed by atoms with E-state index >= 15 is 0 Å². The van der Waals surface area contributed by atoms with E-state index in [0.717, 1.165) is 38.5 Å². The van der Waals surface area contributed by atoms with Gasteiger partial charge in [-0.15, -0.1) is 0 Å². The third-order valence-electron chi connectivity index (χ3n) is 4.65. The lowest BCUT2D eigenvalue weighted by Crippen LogP contribution is -2.30. The van der Waals surface area contributed by atoms with Gasteiger partial charge in [0.05, 0.1) is 19.8 Å². The first-order valence-corrected chi connectivity index (χ1v) is 7.77. The van der Waals surface area contributed by atoms with Crippen molar-refractivity contribution < 1.29 is 9.47 Å². The van der Waals surface area contributed by atoms with E-state index in [4.69, 9.17) is 9.47 Å². The number of nitrogens with zero attached hydrogens (tertiary/aromatic N) is 2. The highest BCUT2D eigenvalue weighted by Gasteiger charge is 2.43. The predicted octanol–water partition coefficient (Wildman–Crippen LogP) is 1.70. The Bertz CT molecular complexity index is 478. The highest BCUT2D eigenvalue weighted by molar-refractivity contribution is 5.28. The summed E-state index contributed by atoms with van der Waals surface area (Å²) >= 11 is 0. The molecule has 0 unspecified atom stereocenters. The lowest BCUT2D eigenvalue weighted by molar-refractivity contribution is 0.0921. The Hall–Kier alpha value is -1.10. The second-order valence-corrected chi connectivity index (χ2v) is 6.60. The van der Waals surface area contributed by atoms with Crippen LogP contribution in [-0.2, 0) is 11.3 Å². The van der Waals surface area contributed by atoms with Crippen LogP contribution in [0, 0.1) is 11.8 Å². The average molecular weight is 290 g/mol. The molecule has 0 radical (unpaired) electrons. The van der Waals surface area contributed by atoms with Gasteiger partial charge in [0.1, 0.15) is 5.75 Å². The molecule has 0 saturated carbocycles. The largest absolute Gasteiger partial charge is 0.497 e. The van der Waals surface area contributed by atoms with Gasteiger partial charge < -0.3 is 14.4 Å². The molecule has 2 aliphatic rings. The Balaban J connectivity index is 1.59. The zero-order chi connectivity index (χ0) is 14.8. The molecule has 3 atom stereocenters. The molecule has 2 heterocycles. The van der Waals surface area contributed by atoms with Crippen LogP contribution in [0.1, 0.15) is 5.56 Å². The summed E-state index contributed by atoms with van der Waals surface area (Å²) in [6.07, 6.45) is 0.431. The summed E-state index contributed by atoms with van der Waals surface area (Å²) in [4.78, 5) is 4.80. The molecule has 1 aromatic rings. The van der Waals surface area contributed by atoms with Gasteiger partial charge in [-0.05, 0) is 31.8 Å². The fourth-order valence-electron chi connectivity index (χ4n) is 3.70. The van der Waals surface area contributed by atoms with Crippen molar-refractivity contribution in [2.45, 2.75) is 12.6 Å². The Morgan fingerprint density at radius 2 is 2.19 bits per heavy atom. The van der Waals surface area contributed by atoms with Gasteiger partial charge in [-0.1, -0.05) is 12.1 Å². The van der Waals surface area contributed by atoms with Crippen molar-refractivity contribution in [1.29, 1.82) is 0 Å². The molecule has 21 heavy (non-hydrogen) atoms. The number of hydrogen-bond acceptors (Lipinski definition) is 4. The molecule has 116 valence electrons. The van der Waals surface area contributed by atoms with Crippen LogP contribution >= 0.6 is 0 Å². The third-order valence-corrected chi connectivity index (χ3v) is 4.65. The molecule has 0 spiro atoms. The second-order valence-electron chi connectivity index (χ2n) is 6.60. The summed E-state index contributed by atoms with van der Waals surface area (Å²) < 4.78 is 11.3. The molecule has 1 aromatic carbocycles. The number of likely N-dealkylation sites (tertiary alicyclic amines) is 1. The van der Waals surface area contributed by atoms with Crippen LogP contribution in [-0.4, -0.2) is 63.4 Å². The smallest absolute Gasteiger partial charge is 0.119 e. The second kappa shape index (κ2) is 6.34. The molecule has 0 N–H and O–H groups in total.